The van der Waals surface area contributed by atoms with Crippen LogP contribution in [0, 0.1) is 17.3 Å². The number of aliphatic hydroxyl groups is 1. The van der Waals surface area contributed by atoms with Crippen molar-refractivity contribution in [2.75, 3.05) is 6.61 Å². The average Bonchev–Trinajstić information content (AvgIpc) is 3.22. The summed E-state index contributed by atoms with van der Waals surface area (Å²) < 4.78 is 73.6. The molecule has 0 aromatic carbocycles. The quantitative estimate of drug-likeness (QED) is 0.413. The van der Waals surface area contributed by atoms with Crippen LogP contribution in [0.5, 0.6) is 0 Å². The summed E-state index contributed by atoms with van der Waals surface area (Å²) in [4.78, 5) is 0. The SMILES string of the molecule is CCCCC(C)(C(/C=C/[C@@H]1CC[C@H]2OC(O)[C@H](F)[C@@H]12)OC1CCCCO1)C(F)(F)F. The molecule has 2 saturated heterocycles. The molecule has 1 saturated carbocycles. The number of fused-ring (bicyclic) bond motifs is 1. The van der Waals surface area contributed by atoms with Crippen molar-refractivity contribution in [3.63, 3.8) is 0 Å². The molecule has 1 N–H and O–H groups in total. The summed E-state index contributed by atoms with van der Waals surface area (Å²) in [7, 11) is 0. The molecule has 1 aliphatic carbocycles. The molecule has 8 atom stereocenters. The number of ether oxygens (including phenoxy) is 3. The lowest BCUT2D eigenvalue weighted by Crippen LogP contribution is -2.47. The molecule has 0 spiro atoms. The highest BCUT2D eigenvalue weighted by molar-refractivity contribution is 5.09. The van der Waals surface area contributed by atoms with Crippen LogP contribution in [-0.2, 0) is 14.2 Å². The number of hydrogen-bond donors (Lipinski definition) is 1. The van der Waals surface area contributed by atoms with Gasteiger partial charge in [0.1, 0.15) is 0 Å². The van der Waals surface area contributed by atoms with Crippen LogP contribution in [0.25, 0.3) is 0 Å². The zero-order chi connectivity index (χ0) is 21.9. The molecule has 3 aliphatic rings. The molecule has 0 aromatic heterocycles. The fourth-order valence-electron chi connectivity index (χ4n) is 4.91. The predicted molar refractivity (Wildman–Crippen MR) is 103 cm³/mol. The Morgan fingerprint density at radius 3 is 2.60 bits per heavy atom. The number of hydrogen-bond acceptors (Lipinski definition) is 4. The molecule has 0 amide bonds. The molecule has 30 heavy (non-hydrogen) atoms. The lowest BCUT2D eigenvalue weighted by atomic mass is 9.77. The molecule has 0 aromatic rings. The highest BCUT2D eigenvalue weighted by Crippen LogP contribution is 2.48. The minimum Gasteiger partial charge on any atom is -0.366 e. The van der Waals surface area contributed by atoms with Crippen molar-refractivity contribution in [1.82, 2.24) is 0 Å². The van der Waals surface area contributed by atoms with Gasteiger partial charge in [-0.2, -0.15) is 13.2 Å². The van der Waals surface area contributed by atoms with Gasteiger partial charge in [0.05, 0.1) is 17.6 Å². The Labute approximate surface area is 175 Å². The summed E-state index contributed by atoms with van der Waals surface area (Å²) in [6.07, 6.45) is -2.10. The molecule has 2 aliphatic heterocycles. The van der Waals surface area contributed by atoms with Crippen molar-refractivity contribution in [1.29, 1.82) is 0 Å². The molecule has 0 bridgehead atoms. The Bertz CT molecular complexity index is 576. The van der Waals surface area contributed by atoms with E-state index in [-0.39, 0.29) is 18.4 Å². The van der Waals surface area contributed by atoms with Gasteiger partial charge in [-0.05, 0) is 51.4 Å². The number of halogens is 4. The molecular formula is C22H34F4O4. The summed E-state index contributed by atoms with van der Waals surface area (Å²) in [6, 6.07) is 0. The summed E-state index contributed by atoms with van der Waals surface area (Å²) in [6.45, 7) is 3.54. The first-order valence-corrected chi connectivity index (χ1v) is 11.2. The second-order valence-electron chi connectivity index (χ2n) is 9.08. The van der Waals surface area contributed by atoms with Gasteiger partial charge >= 0.3 is 6.18 Å². The summed E-state index contributed by atoms with van der Waals surface area (Å²) in [5.41, 5.74) is -2.07. The molecule has 174 valence electrons. The van der Waals surface area contributed by atoms with Gasteiger partial charge in [-0.3, -0.25) is 0 Å². The van der Waals surface area contributed by atoms with Gasteiger partial charge < -0.3 is 19.3 Å². The maximum atomic E-state index is 14.4. The van der Waals surface area contributed by atoms with E-state index in [1.165, 1.54) is 13.0 Å². The van der Waals surface area contributed by atoms with E-state index in [0.717, 1.165) is 12.8 Å². The second-order valence-corrected chi connectivity index (χ2v) is 9.08. The minimum absolute atomic E-state index is 0.0565. The first kappa shape index (κ1) is 24.0. The highest BCUT2D eigenvalue weighted by atomic mass is 19.4. The van der Waals surface area contributed by atoms with Crippen LogP contribution < -0.4 is 0 Å². The van der Waals surface area contributed by atoms with E-state index in [4.69, 9.17) is 14.2 Å². The molecule has 4 unspecified atom stereocenters. The van der Waals surface area contributed by atoms with Gasteiger partial charge in [0.25, 0.3) is 0 Å². The molecule has 4 nitrogen and oxygen atoms in total. The van der Waals surface area contributed by atoms with E-state index in [1.807, 2.05) is 6.92 Å². The molecular weight excluding hydrogens is 404 g/mol. The third-order valence-electron chi connectivity index (χ3n) is 6.96. The molecule has 3 fully saturated rings. The number of alkyl halides is 4. The summed E-state index contributed by atoms with van der Waals surface area (Å²) >= 11 is 0. The normalized spacial score (nSPS) is 38.0. The Kier molecular flexibility index (Phi) is 7.86. The van der Waals surface area contributed by atoms with Crippen LogP contribution in [0.1, 0.15) is 65.2 Å². The van der Waals surface area contributed by atoms with E-state index >= 15 is 0 Å². The fraction of sp³-hybridized carbons (Fsp3) is 0.909. The third-order valence-corrected chi connectivity index (χ3v) is 6.96. The minimum atomic E-state index is -4.46. The van der Waals surface area contributed by atoms with Gasteiger partial charge in [0.15, 0.2) is 18.8 Å². The molecule has 8 heteroatoms. The van der Waals surface area contributed by atoms with E-state index < -0.39 is 42.4 Å². The lowest BCUT2D eigenvalue weighted by Gasteiger charge is -2.40. The van der Waals surface area contributed by atoms with Gasteiger partial charge in [-0.1, -0.05) is 31.9 Å². The van der Waals surface area contributed by atoms with Crippen LogP contribution in [0.15, 0.2) is 12.2 Å². The van der Waals surface area contributed by atoms with Crippen LogP contribution in [0.4, 0.5) is 17.6 Å². The van der Waals surface area contributed by atoms with Crippen molar-refractivity contribution < 1.29 is 36.9 Å². The van der Waals surface area contributed by atoms with E-state index in [1.54, 1.807) is 6.08 Å². The maximum absolute atomic E-state index is 14.4. The molecule has 0 radical (unpaired) electrons. The highest BCUT2D eigenvalue weighted by Gasteiger charge is 2.56. The Balaban J connectivity index is 1.82. The maximum Gasteiger partial charge on any atom is 0.397 e. The summed E-state index contributed by atoms with van der Waals surface area (Å²) in [5.74, 6) is -0.820. The standard InChI is InChI=1S/C22H34F4O4/c1-3-4-12-21(2,22(24,25)26)16(30-17-7-5-6-13-28-17)11-9-14-8-10-15-18(14)19(23)20(27)29-15/h9,11,14-20,27H,3-8,10,12-13H2,1-2H3/b11-9+/t14-,15+,16?,17?,18-,19+,20?,21?/m0/s1. The topological polar surface area (TPSA) is 47.9 Å². The van der Waals surface area contributed by atoms with Crippen molar-refractivity contribution >= 4 is 0 Å². The Morgan fingerprint density at radius 1 is 1.20 bits per heavy atom. The largest absolute Gasteiger partial charge is 0.397 e. The Morgan fingerprint density at radius 2 is 1.97 bits per heavy atom. The van der Waals surface area contributed by atoms with Gasteiger partial charge in [-0.15, -0.1) is 0 Å². The van der Waals surface area contributed by atoms with E-state index in [2.05, 4.69) is 0 Å². The van der Waals surface area contributed by atoms with Crippen molar-refractivity contribution in [3.8, 4) is 0 Å². The number of rotatable bonds is 8. The Hall–Kier alpha value is -0.700. The number of allylic oxidation sites excluding steroid dienone is 1. The number of unbranched alkanes of at least 4 members (excludes halogenated alkanes) is 1. The van der Waals surface area contributed by atoms with E-state index in [0.29, 0.717) is 38.7 Å². The van der Waals surface area contributed by atoms with Crippen molar-refractivity contribution in [2.24, 2.45) is 17.3 Å². The lowest BCUT2D eigenvalue weighted by molar-refractivity contribution is -0.279. The van der Waals surface area contributed by atoms with Crippen molar-refractivity contribution in [2.45, 2.75) is 102 Å². The zero-order valence-corrected chi connectivity index (χ0v) is 17.7. The number of aliphatic hydroxyl groups excluding tert-OH is 1. The van der Waals surface area contributed by atoms with Crippen LogP contribution >= 0.6 is 0 Å². The van der Waals surface area contributed by atoms with Crippen LogP contribution in [0.3, 0.4) is 0 Å². The van der Waals surface area contributed by atoms with Gasteiger partial charge in [0, 0.05) is 12.5 Å². The molecule has 3 rings (SSSR count). The van der Waals surface area contributed by atoms with Gasteiger partial charge in [0.2, 0.25) is 0 Å². The summed E-state index contributed by atoms with van der Waals surface area (Å²) in [5, 5.41) is 9.64. The van der Waals surface area contributed by atoms with E-state index in [9.17, 15) is 22.7 Å². The predicted octanol–water partition coefficient (Wildman–Crippen LogP) is 5.29. The second kappa shape index (κ2) is 9.84. The zero-order valence-electron chi connectivity index (χ0n) is 17.7. The monoisotopic (exact) mass is 438 g/mol. The third kappa shape index (κ3) is 5.03. The van der Waals surface area contributed by atoms with Crippen molar-refractivity contribution in [3.05, 3.63) is 12.2 Å². The smallest absolute Gasteiger partial charge is 0.366 e. The van der Waals surface area contributed by atoms with Crippen LogP contribution in [-0.4, -0.2) is 48.8 Å². The first-order valence-electron chi connectivity index (χ1n) is 11.2. The fourth-order valence-corrected chi connectivity index (χ4v) is 4.91. The van der Waals surface area contributed by atoms with Crippen LogP contribution in [0.2, 0.25) is 0 Å². The first-order chi connectivity index (χ1) is 14.2. The average molecular weight is 439 g/mol. The molecule has 2 heterocycles. The van der Waals surface area contributed by atoms with Gasteiger partial charge in [-0.25, -0.2) is 4.39 Å².